The van der Waals surface area contributed by atoms with Gasteiger partial charge in [0, 0.05) is 16.6 Å². The van der Waals surface area contributed by atoms with Crippen LogP contribution < -0.4 is 9.62 Å². The van der Waals surface area contributed by atoms with Crippen molar-refractivity contribution in [3.8, 4) is 0 Å². The molecule has 7 nitrogen and oxygen atoms in total. The van der Waals surface area contributed by atoms with Crippen molar-refractivity contribution in [2.24, 2.45) is 0 Å². The van der Waals surface area contributed by atoms with E-state index in [1.165, 1.54) is 17.0 Å². The lowest BCUT2D eigenvalue weighted by atomic mass is 10.1. The molecule has 0 aromatic heterocycles. The van der Waals surface area contributed by atoms with E-state index in [1.807, 2.05) is 51.1 Å². The number of hydrogen-bond donors (Lipinski definition) is 1. The smallest absolute Gasteiger partial charge is 0.264 e. The third kappa shape index (κ3) is 7.91. The predicted octanol–water partition coefficient (Wildman–Crippen LogP) is 5.02. The summed E-state index contributed by atoms with van der Waals surface area (Å²) < 4.78 is 29.3. The van der Waals surface area contributed by atoms with Gasteiger partial charge in [-0.25, -0.2) is 8.42 Å². The quantitative estimate of drug-likeness (QED) is 0.354. The number of benzene rings is 3. The maximum atomic E-state index is 13.8. The fourth-order valence-electron chi connectivity index (χ4n) is 3.90. The number of nitrogens with zero attached hydrogens (tertiary/aromatic N) is 2. The van der Waals surface area contributed by atoms with E-state index < -0.39 is 34.1 Å². The Bertz CT molecular complexity index is 1330. The largest absolute Gasteiger partial charge is 0.350 e. The summed E-state index contributed by atoms with van der Waals surface area (Å²) in [6.45, 7) is 7.07. The minimum absolute atomic E-state index is 0.0741. The van der Waals surface area contributed by atoms with E-state index >= 15 is 0 Å². The van der Waals surface area contributed by atoms with Gasteiger partial charge in [-0.05, 0) is 76.1 Å². The Morgan fingerprint density at radius 2 is 1.45 bits per heavy atom. The molecule has 1 unspecified atom stereocenters. The van der Waals surface area contributed by atoms with Gasteiger partial charge in [-0.1, -0.05) is 64.5 Å². The number of nitrogens with one attached hydrogen (secondary N) is 1. The fraction of sp³-hybridized carbons (Fsp3) is 0.310. The van der Waals surface area contributed by atoms with Gasteiger partial charge in [0.15, 0.2) is 0 Å². The van der Waals surface area contributed by atoms with Crippen molar-refractivity contribution in [2.45, 2.75) is 50.6 Å². The molecule has 0 radical (unpaired) electrons. The highest BCUT2D eigenvalue weighted by Crippen LogP contribution is 2.26. The summed E-state index contributed by atoms with van der Waals surface area (Å²) >= 11 is 3.38. The molecule has 0 saturated carbocycles. The van der Waals surface area contributed by atoms with Crippen LogP contribution in [0.25, 0.3) is 0 Å². The first kappa shape index (κ1) is 29.4. The molecule has 1 N–H and O–H groups in total. The monoisotopic (exact) mass is 599 g/mol. The first-order chi connectivity index (χ1) is 17.9. The highest BCUT2D eigenvalue weighted by atomic mass is 79.9. The number of anilines is 1. The topological polar surface area (TPSA) is 86.8 Å². The van der Waals surface area contributed by atoms with Crippen LogP contribution in [-0.4, -0.2) is 49.8 Å². The predicted molar refractivity (Wildman–Crippen MR) is 154 cm³/mol. The lowest BCUT2D eigenvalue weighted by Gasteiger charge is -2.33. The SMILES string of the molecule is CC(C(=O)NC(C)(C)C)N(CCc1ccccc1)C(=O)CN(c1ccc(Br)cc1)S(=O)(=O)c1ccccc1. The van der Waals surface area contributed by atoms with Crippen LogP contribution in [0, 0.1) is 0 Å². The lowest BCUT2D eigenvalue weighted by Crippen LogP contribution is -2.55. The Morgan fingerprint density at radius 1 is 0.895 bits per heavy atom. The molecule has 2 amide bonds. The third-order valence-electron chi connectivity index (χ3n) is 5.87. The molecule has 0 saturated heterocycles. The number of hydrogen-bond acceptors (Lipinski definition) is 4. The van der Waals surface area contributed by atoms with Crippen LogP contribution in [0.4, 0.5) is 5.69 Å². The minimum Gasteiger partial charge on any atom is -0.350 e. The van der Waals surface area contributed by atoms with Gasteiger partial charge in [0.2, 0.25) is 11.8 Å². The van der Waals surface area contributed by atoms with Crippen LogP contribution in [0.15, 0.2) is 94.3 Å². The van der Waals surface area contributed by atoms with E-state index in [9.17, 15) is 18.0 Å². The Labute approximate surface area is 234 Å². The van der Waals surface area contributed by atoms with E-state index in [2.05, 4.69) is 21.2 Å². The second kappa shape index (κ2) is 12.6. The van der Waals surface area contributed by atoms with Crippen molar-refractivity contribution in [1.82, 2.24) is 10.2 Å². The van der Waals surface area contributed by atoms with E-state index in [4.69, 9.17) is 0 Å². The van der Waals surface area contributed by atoms with Gasteiger partial charge >= 0.3 is 0 Å². The van der Waals surface area contributed by atoms with Crippen molar-refractivity contribution in [1.29, 1.82) is 0 Å². The van der Waals surface area contributed by atoms with Crippen LogP contribution in [-0.2, 0) is 26.0 Å². The summed E-state index contributed by atoms with van der Waals surface area (Å²) in [4.78, 5) is 28.5. The molecule has 0 fully saturated rings. The van der Waals surface area contributed by atoms with Gasteiger partial charge in [-0.15, -0.1) is 0 Å². The zero-order valence-corrected chi connectivity index (χ0v) is 24.5. The normalized spacial score (nSPS) is 12.4. The van der Waals surface area contributed by atoms with Crippen molar-refractivity contribution < 1.29 is 18.0 Å². The molecule has 0 aliphatic rings. The molecule has 9 heteroatoms. The number of amides is 2. The van der Waals surface area contributed by atoms with Gasteiger partial charge in [0.25, 0.3) is 10.0 Å². The highest BCUT2D eigenvalue weighted by molar-refractivity contribution is 9.10. The maximum Gasteiger partial charge on any atom is 0.264 e. The van der Waals surface area contributed by atoms with E-state index in [0.717, 1.165) is 14.3 Å². The Morgan fingerprint density at radius 3 is 2.00 bits per heavy atom. The average Bonchev–Trinajstić information content (AvgIpc) is 2.88. The summed E-state index contributed by atoms with van der Waals surface area (Å²) in [6, 6.07) is 23.6. The summed E-state index contributed by atoms with van der Waals surface area (Å²) in [5, 5.41) is 2.93. The molecule has 0 heterocycles. The van der Waals surface area contributed by atoms with Crippen LogP contribution in [0.5, 0.6) is 0 Å². The number of carbonyl (C=O) groups excluding carboxylic acids is 2. The molecule has 3 rings (SSSR count). The van der Waals surface area contributed by atoms with Gasteiger partial charge in [0.1, 0.15) is 12.6 Å². The Kier molecular flexibility index (Phi) is 9.73. The first-order valence-electron chi connectivity index (χ1n) is 12.4. The van der Waals surface area contributed by atoms with Crippen LogP contribution in [0.3, 0.4) is 0 Å². The van der Waals surface area contributed by atoms with Crippen LogP contribution >= 0.6 is 15.9 Å². The maximum absolute atomic E-state index is 13.8. The molecular formula is C29H34BrN3O4S. The van der Waals surface area contributed by atoms with Gasteiger partial charge in [-0.3, -0.25) is 13.9 Å². The lowest BCUT2D eigenvalue weighted by molar-refractivity contribution is -0.139. The molecule has 1 atom stereocenters. The van der Waals surface area contributed by atoms with Crippen molar-refractivity contribution in [2.75, 3.05) is 17.4 Å². The summed E-state index contributed by atoms with van der Waals surface area (Å²) in [7, 11) is -4.07. The third-order valence-corrected chi connectivity index (χ3v) is 8.19. The minimum atomic E-state index is -4.07. The molecule has 202 valence electrons. The van der Waals surface area contributed by atoms with Crippen molar-refractivity contribution in [3.05, 3.63) is 95.0 Å². The molecule has 0 bridgehead atoms. The fourth-order valence-corrected chi connectivity index (χ4v) is 5.60. The zero-order chi connectivity index (χ0) is 27.9. The second-order valence-electron chi connectivity index (χ2n) is 10.0. The van der Waals surface area contributed by atoms with E-state index in [1.54, 1.807) is 49.4 Å². The van der Waals surface area contributed by atoms with Crippen molar-refractivity contribution in [3.63, 3.8) is 0 Å². The summed E-state index contributed by atoms with van der Waals surface area (Å²) in [6.07, 6.45) is 0.517. The van der Waals surface area contributed by atoms with Crippen LogP contribution in [0.2, 0.25) is 0 Å². The zero-order valence-electron chi connectivity index (χ0n) is 22.1. The molecule has 0 spiro atoms. The number of sulfonamides is 1. The summed E-state index contributed by atoms with van der Waals surface area (Å²) in [5.74, 6) is -0.778. The number of carbonyl (C=O) groups is 2. The molecule has 3 aromatic rings. The van der Waals surface area contributed by atoms with Crippen molar-refractivity contribution >= 4 is 43.5 Å². The Hall–Kier alpha value is -3.17. The van der Waals surface area contributed by atoms with Gasteiger partial charge in [-0.2, -0.15) is 0 Å². The average molecular weight is 601 g/mol. The molecule has 38 heavy (non-hydrogen) atoms. The van der Waals surface area contributed by atoms with E-state index in [-0.39, 0.29) is 17.3 Å². The molecule has 0 aliphatic heterocycles. The van der Waals surface area contributed by atoms with Gasteiger partial charge < -0.3 is 10.2 Å². The molecule has 3 aromatic carbocycles. The highest BCUT2D eigenvalue weighted by Gasteiger charge is 2.33. The molecular weight excluding hydrogens is 566 g/mol. The van der Waals surface area contributed by atoms with E-state index in [0.29, 0.717) is 12.1 Å². The molecule has 0 aliphatic carbocycles. The Balaban J connectivity index is 1.96. The first-order valence-corrected chi connectivity index (χ1v) is 14.6. The standard InChI is InChI=1S/C29H34BrN3O4S/c1-22(28(35)31-29(2,3)4)32(20-19-23-11-7-5-8-12-23)27(34)21-33(25-17-15-24(30)16-18-25)38(36,37)26-13-9-6-10-14-26/h5-18,22H,19-21H2,1-4H3,(H,31,35). The number of halogens is 1. The van der Waals surface area contributed by atoms with Crippen LogP contribution in [0.1, 0.15) is 33.3 Å². The van der Waals surface area contributed by atoms with Gasteiger partial charge in [0.05, 0.1) is 10.6 Å². The second-order valence-corrected chi connectivity index (χ2v) is 12.8. The summed E-state index contributed by atoms with van der Waals surface area (Å²) in [5.41, 5.74) is 0.871. The number of rotatable bonds is 10.